The predicted octanol–water partition coefficient (Wildman–Crippen LogP) is 1.66. The van der Waals surface area contributed by atoms with E-state index in [4.69, 9.17) is 10.8 Å². The molecule has 11 heavy (non-hydrogen) atoms. The summed E-state index contributed by atoms with van der Waals surface area (Å²) in [6.07, 6.45) is 7.11. The summed E-state index contributed by atoms with van der Waals surface area (Å²) >= 11 is 0. The summed E-state index contributed by atoms with van der Waals surface area (Å²) in [5.41, 5.74) is 0.509. The van der Waals surface area contributed by atoms with Crippen LogP contribution in [0.15, 0.2) is 16.7 Å². The van der Waals surface area contributed by atoms with E-state index in [0.717, 1.165) is 0 Å². The van der Waals surface area contributed by atoms with Gasteiger partial charge in [0.1, 0.15) is 5.76 Å². The van der Waals surface area contributed by atoms with Gasteiger partial charge in [-0.3, -0.25) is 4.79 Å². The van der Waals surface area contributed by atoms with Gasteiger partial charge in [0.15, 0.2) is 0 Å². The van der Waals surface area contributed by atoms with E-state index in [-0.39, 0.29) is 5.78 Å². The topological polar surface area (TPSA) is 30.2 Å². The second kappa shape index (κ2) is 3.07. The fraction of sp³-hybridized carbons (Fsp3) is 0.222. The highest BCUT2D eigenvalue weighted by Gasteiger charge is 2.09. The molecule has 0 saturated carbocycles. The minimum Gasteiger partial charge on any atom is -0.469 e. The molecule has 2 nitrogen and oxygen atoms in total. The van der Waals surface area contributed by atoms with Gasteiger partial charge >= 0.3 is 0 Å². The molecule has 0 aromatic carbocycles. The molecule has 0 amide bonds. The van der Waals surface area contributed by atoms with Crippen LogP contribution in [0.25, 0.3) is 0 Å². The number of furan rings is 1. The molecule has 1 heterocycles. The third kappa shape index (κ3) is 1.32. The lowest BCUT2D eigenvalue weighted by atomic mass is 10.1. The van der Waals surface area contributed by atoms with Crippen molar-refractivity contribution in [3.05, 3.63) is 23.7 Å². The van der Waals surface area contributed by atoms with Crippen molar-refractivity contribution in [2.75, 3.05) is 0 Å². The van der Waals surface area contributed by atoms with E-state index in [2.05, 4.69) is 0 Å². The minimum absolute atomic E-state index is 0.310. The zero-order valence-electron chi connectivity index (χ0n) is 6.26. The third-order valence-electron chi connectivity index (χ3n) is 1.44. The average molecular weight is 148 g/mol. The molecule has 1 rings (SSSR count). The van der Waals surface area contributed by atoms with Crippen LogP contribution < -0.4 is 0 Å². The van der Waals surface area contributed by atoms with Crippen molar-refractivity contribution < 1.29 is 9.21 Å². The molecule has 1 aromatic heterocycles. The lowest BCUT2D eigenvalue weighted by Gasteiger charge is -1.90. The Morgan fingerprint density at radius 1 is 1.82 bits per heavy atom. The molecule has 2 heteroatoms. The Bertz CT molecular complexity index is 302. The second-order valence-corrected chi connectivity index (χ2v) is 2.08. The maximum atomic E-state index is 11.0. The molecule has 0 unspecified atom stereocenters. The van der Waals surface area contributed by atoms with Crippen LogP contribution in [0.3, 0.4) is 0 Å². The Balaban J connectivity index is 3.04. The fourth-order valence-corrected chi connectivity index (χ4v) is 0.894. The average Bonchev–Trinajstić information content (AvgIpc) is 2.50. The Hall–Kier alpha value is -1.49. The van der Waals surface area contributed by atoms with Crippen LogP contribution in [0, 0.1) is 12.3 Å². The lowest BCUT2D eigenvalue weighted by Crippen LogP contribution is -1.95. The van der Waals surface area contributed by atoms with E-state index in [1.165, 1.54) is 6.26 Å². The molecular weight excluding hydrogens is 140 g/mol. The molecule has 0 bridgehead atoms. The van der Waals surface area contributed by atoms with E-state index in [1.54, 1.807) is 6.07 Å². The number of Topliss-reactive ketones (excluding diaryl/α,β-unsaturated/α-hetero) is 1. The fourth-order valence-electron chi connectivity index (χ4n) is 0.894. The molecule has 56 valence electrons. The SMILES string of the molecule is C#CC(=O)c1ccoc1CC. The number of carbonyl (C=O) groups excluding carboxylic acids is 1. The van der Waals surface area contributed by atoms with Crippen molar-refractivity contribution in [1.82, 2.24) is 0 Å². The molecule has 0 spiro atoms. The van der Waals surface area contributed by atoms with Crippen LogP contribution in [0.2, 0.25) is 0 Å². The molecule has 1 aromatic rings. The lowest BCUT2D eigenvalue weighted by molar-refractivity contribution is 0.105. The summed E-state index contributed by atoms with van der Waals surface area (Å²) in [7, 11) is 0. The van der Waals surface area contributed by atoms with Gasteiger partial charge in [0.2, 0.25) is 5.78 Å². The number of aryl methyl sites for hydroxylation is 1. The van der Waals surface area contributed by atoms with Crippen LogP contribution in [0.4, 0.5) is 0 Å². The molecule has 0 saturated heterocycles. The van der Waals surface area contributed by atoms with Crippen molar-refractivity contribution in [2.45, 2.75) is 13.3 Å². The van der Waals surface area contributed by atoms with E-state index < -0.39 is 0 Å². The molecule has 0 atom stereocenters. The second-order valence-electron chi connectivity index (χ2n) is 2.08. The third-order valence-corrected chi connectivity index (χ3v) is 1.44. The molecule has 0 aliphatic heterocycles. The Labute approximate surface area is 65.2 Å². The highest BCUT2D eigenvalue weighted by Crippen LogP contribution is 2.10. The normalized spacial score (nSPS) is 9.09. The molecule has 0 aliphatic rings. The number of carbonyl (C=O) groups is 1. The van der Waals surface area contributed by atoms with Crippen molar-refractivity contribution in [3.8, 4) is 12.3 Å². The van der Waals surface area contributed by atoms with Crippen molar-refractivity contribution in [2.24, 2.45) is 0 Å². The van der Waals surface area contributed by atoms with Crippen molar-refractivity contribution in [1.29, 1.82) is 0 Å². The molecule has 0 N–H and O–H groups in total. The van der Waals surface area contributed by atoms with Crippen LogP contribution >= 0.6 is 0 Å². The van der Waals surface area contributed by atoms with Gasteiger partial charge in [-0.1, -0.05) is 6.92 Å². The molecule has 0 aliphatic carbocycles. The molecular formula is C9H8O2. The van der Waals surface area contributed by atoms with Gasteiger partial charge < -0.3 is 4.42 Å². The van der Waals surface area contributed by atoms with Gasteiger partial charge in [-0.15, -0.1) is 6.42 Å². The first-order chi connectivity index (χ1) is 5.29. The summed E-state index contributed by atoms with van der Waals surface area (Å²) in [6.45, 7) is 1.91. The highest BCUT2D eigenvalue weighted by atomic mass is 16.3. The first-order valence-electron chi connectivity index (χ1n) is 3.37. The summed E-state index contributed by atoms with van der Waals surface area (Å²) in [6, 6.07) is 1.60. The number of terminal acetylenes is 1. The molecule has 0 radical (unpaired) electrons. The first-order valence-corrected chi connectivity index (χ1v) is 3.37. The highest BCUT2D eigenvalue weighted by molar-refractivity contribution is 6.09. The smallest absolute Gasteiger partial charge is 0.239 e. The zero-order valence-corrected chi connectivity index (χ0v) is 6.26. The van der Waals surface area contributed by atoms with Crippen molar-refractivity contribution in [3.63, 3.8) is 0 Å². The zero-order chi connectivity index (χ0) is 8.27. The predicted molar refractivity (Wildman–Crippen MR) is 41.2 cm³/mol. The quantitative estimate of drug-likeness (QED) is 0.362. The largest absolute Gasteiger partial charge is 0.469 e. The summed E-state index contributed by atoms with van der Waals surface area (Å²) in [5.74, 6) is 2.39. The number of hydrogen-bond acceptors (Lipinski definition) is 2. The van der Waals surface area contributed by atoms with E-state index >= 15 is 0 Å². The van der Waals surface area contributed by atoms with Crippen LogP contribution in [-0.4, -0.2) is 5.78 Å². The number of ketones is 1. The van der Waals surface area contributed by atoms with Gasteiger partial charge in [-0.25, -0.2) is 0 Å². The van der Waals surface area contributed by atoms with Gasteiger partial charge in [-0.2, -0.15) is 0 Å². The Kier molecular flexibility index (Phi) is 2.12. The monoisotopic (exact) mass is 148 g/mol. The standard InChI is InChI=1S/C9H8O2/c1-3-8(10)7-5-6-11-9(7)4-2/h1,5-6H,4H2,2H3. The van der Waals surface area contributed by atoms with Gasteiger partial charge in [-0.05, 0) is 12.0 Å². The summed E-state index contributed by atoms with van der Waals surface area (Å²) in [4.78, 5) is 11.0. The summed E-state index contributed by atoms with van der Waals surface area (Å²) < 4.78 is 5.02. The van der Waals surface area contributed by atoms with E-state index in [1.807, 2.05) is 12.8 Å². The number of rotatable bonds is 2. The number of hydrogen-bond donors (Lipinski definition) is 0. The summed E-state index contributed by atoms with van der Waals surface area (Å²) in [5, 5.41) is 0. The minimum atomic E-state index is -0.310. The van der Waals surface area contributed by atoms with Gasteiger partial charge in [0.25, 0.3) is 0 Å². The van der Waals surface area contributed by atoms with E-state index in [0.29, 0.717) is 17.7 Å². The van der Waals surface area contributed by atoms with Gasteiger partial charge in [0, 0.05) is 6.42 Å². The maximum absolute atomic E-state index is 11.0. The molecule has 0 fully saturated rings. The van der Waals surface area contributed by atoms with Crippen LogP contribution in [0.1, 0.15) is 23.0 Å². The Morgan fingerprint density at radius 2 is 2.55 bits per heavy atom. The van der Waals surface area contributed by atoms with Gasteiger partial charge in [0.05, 0.1) is 11.8 Å². The van der Waals surface area contributed by atoms with Crippen LogP contribution in [-0.2, 0) is 6.42 Å². The first kappa shape index (κ1) is 7.62. The van der Waals surface area contributed by atoms with Crippen molar-refractivity contribution >= 4 is 5.78 Å². The Morgan fingerprint density at radius 3 is 3.09 bits per heavy atom. The maximum Gasteiger partial charge on any atom is 0.239 e. The van der Waals surface area contributed by atoms with E-state index in [9.17, 15) is 4.79 Å². The van der Waals surface area contributed by atoms with Crippen LogP contribution in [0.5, 0.6) is 0 Å².